The van der Waals surface area contributed by atoms with Gasteiger partial charge in [-0.1, -0.05) is 58.0 Å². The molecule has 1 N–H and O–H groups in total. The lowest BCUT2D eigenvalue weighted by molar-refractivity contribution is 0.249. The maximum absolute atomic E-state index is 9.40. The highest BCUT2D eigenvalue weighted by molar-refractivity contribution is 7.42. The molecule has 5 nitrogen and oxygen atoms in total. The predicted molar refractivity (Wildman–Crippen MR) is 134 cm³/mol. The van der Waals surface area contributed by atoms with Gasteiger partial charge >= 0.3 is 8.60 Å². The molecule has 0 saturated carbocycles. The summed E-state index contributed by atoms with van der Waals surface area (Å²) in [6, 6.07) is 17.9. The Morgan fingerprint density at radius 3 is 1.79 bits per heavy atom. The average molecular weight is 468 g/mol. The highest BCUT2D eigenvalue weighted by Crippen LogP contribution is 2.46. The van der Waals surface area contributed by atoms with E-state index in [9.17, 15) is 5.11 Å². The van der Waals surface area contributed by atoms with Crippen LogP contribution < -0.4 is 9.05 Å². The first kappa shape index (κ1) is 25.2. The van der Waals surface area contributed by atoms with Crippen LogP contribution in [0, 0.1) is 13.8 Å². The molecular weight excluding hydrogens is 433 g/mol. The van der Waals surface area contributed by atoms with E-state index in [1.54, 1.807) is 6.07 Å². The van der Waals surface area contributed by atoms with Crippen LogP contribution in [0.5, 0.6) is 11.5 Å². The molecular formula is C27H34NO4P. The van der Waals surface area contributed by atoms with E-state index in [0.29, 0.717) is 23.2 Å². The van der Waals surface area contributed by atoms with E-state index in [1.807, 2.05) is 38.1 Å². The summed E-state index contributed by atoms with van der Waals surface area (Å²) in [5, 5.41) is 9.40. The zero-order valence-electron chi connectivity index (χ0n) is 20.3. The molecule has 3 rings (SSSR count). The van der Waals surface area contributed by atoms with Gasteiger partial charge in [0.25, 0.3) is 0 Å². The van der Waals surface area contributed by atoms with Gasteiger partial charge in [0.2, 0.25) is 0 Å². The van der Waals surface area contributed by atoms with Gasteiger partial charge in [0.15, 0.2) is 0 Å². The summed E-state index contributed by atoms with van der Waals surface area (Å²) in [5.74, 6) is 2.13. The van der Waals surface area contributed by atoms with Crippen LogP contribution in [-0.4, -0.2) is 10.1 Å². The summed E-state index contributed by atoms with van der Waals surface area (Å²) >= 11 is 0. The third kappa shape index (κ3) is 7.01. The van der Waals surface area contributed by atoms with E-state index in [2.05, 4.69) is 56.9 Å². The lowest BCUT2D eigenvalue weighted by Crippen LogP contribution is -2.06. The van der Waals surface area contributed by atoms with Crippen molar-refractivity contribution in [3.05, 3.63) is 88.2 Å². The van der Waals surface area contributed by atoms with Gasteiger partial charge in [-0.15, -0.1) is 0 Å². The second kappa shape index (κ2) is 11.6. The zero-order chi connectivity index (χ0) is 24.0. The van der Waals surface area contributed by atoms with Gasteiger partial charge in [0.1, 0.15) is 11.5 Å². The van der Waals surface area contributed by atoms with Gasteiger partial charge in [-0.25, -0.2) is 0 Å². The third-order valence-corrected chi connectivity index (χ3v) is 6.30. The Kier molecular flexibility index (Phi) is 8.85. The second-order valence-electron chi connectivity index (χ2n) is 8.85. The van der Waals surface area contributed by atoms with Crippen LogP contribution in [0.3, 0.4) is 0 Å². The SMILES string of the molecule is Cc1ccc(C(C)C)c(OP(OCc2cccc(CO)n2)Oc2cc(C)ccc2C(C)C)c1. The normalized spacial score (nSPS) is 11.5. The first-order valence-corrected chi connectivity index (χ1v) is 12.4. The third-order valence-electron chi connectivity index (χ3n) is 5.27. The molecule has 0 atom stereocenters. The molecule has 0 radical (unpaired) electrons. The molecule has 6 heteroatoms. The molecule has 0 amide bonds. The van der Waals surface area contributed by atoms with Crippen LogP contribution in [0.4, 0.5) is 0 Å². The van der Waals surface area contributed by atoms with Crippen LogP contribution in [0.15, 0.2) is 54.6 Å². The number of aryl methyl sites for hydroxylation is 2. The quantitative estimate of drug-likeness (QED) is 0.316. The van der Waals surface area contributed by atoms with Gasteiger partial charge in [0, 0.05) is 0 Å². The fourth-order valence-electron chi connectivity index (χ4n) is 3.44. The fourth-order valence-corrected chi connectivity index (χ4v) is 4.46. The van der Waals surface area contributed by atoms with Crippen molar-refractivity contribution in [2.24, 2.45) is 0 Å². The molecule has 1 aromatic heterocycles. The van der Waals surface area contributed by atoms with E-state index < -0.39 is 8.60 Å². The van der Waals surface area contributed by atoms with Crippen LogP contribution in [0.1, 0.15) is 73.2 Å². The number of aliphatic hydroxyl groups excluding tert-OH is 1. The highest BCUT2D eigenvalue weighted by atomic mass is 31.2. The molecule has 33 heavy (non-hydrogen) atoms. The second-order valence-corrected chi connectivity index (χ2v) is 9.92. The van der Waals surface area contributed by atoms with E-state index >= 15 is 0 Å². The van der Waals surface area contributed by atoms with E-state index in [4.69, 9.17) is 13.6 Å². The Morgan fingerprint density at radius 1 is 0.788 bits per heavy atom. The van der Waals surface area contributed by atoms with Crippen LogP contribution >= 0.6 is 8.60 Å². The average Bonchev–Trinajstić information content (AvgIpc) is 2.77. The number of rotatable bonds is 10. The summed E-state index contributed by atoms with van der Waals surface area (Å²) in [4.78, 5) is 4.42. The number of hydrogen-bond acceptors (Lipinski definition) is 5. The molecule has 2 aromatic carbocycles. The monoisotopic (exact) mass is 467 g/mol. The molecule has 0 aliphatic rings. The first-order valence-electron chi connectivity index (χ1n) is 11.3. The van der Waals surface area contributed by atoms with Crippen LogP contribution in [0.25, 0.3) is 0 Å². The van der Waals surface area contributed by atoms with Gasteiger partial charge < -0.3 is 14.2 Å². The summed E-state index contributed by atoms with van der Waals surface area (Å²) in [6.45, 7) is 12.8. The van der Waals surface area contributed by atoms with Crippen molar-refractivity contribution < 1.29 is 18.7 Å². The lowest BCUT2D eigenvalue weighted by atomic mass is 10.0. The zero-order valence-corrected chi connectivity index (χ0v) is 21.2. The molecule has 0 aliphatic carbocycles. The van der Waals surface area contributed by atoms with Crippen LogP contribution in [-0.2, 0) is 17.7 Å². The van der Waals surface area contributed by atoms with Crippen molar-refractivity contribution in [2.45, 2.75) is 66.6 Å². The van der Waals surface area contributed by atoms with Crippen molar-refractivity contribution in [3.63, 3.8) is 0 Å². The molecule has 0 unspecified atom stereocenters. The minimum atomic E-state index is -1.76. The molecule has 0 bridgehead atoms. The Labute approximate surface area is 198 Å². The Hall–Kier alpha value is -2.46. The maximum atomic E-state index is 9.40. The number of hydrogen-bond donors (Lipinski definition) is 1. The summed E-state index contributed by atoms with van der Waals surface area (Å²) < 4.78 is 18.9. The Balaban J connectivity index is 1.91. The van der Waals surface area contributed by atoms with Crippen molar-refractivity contribution in [1.82, 2.24) is 4.98 Å². The van der Waals surface area contributed by atoms with Gasteiger partial charge in [-0.2, -0.15) is 0 Å². The lowest BCUT2D eigenvalue weighted by Gasteiger charge is -2.22. The number of benzene rings is 2. The number of aliphatic hydroxyl groups is 1. The standard InChI is InChI=1S/C27H34NO4P/c1-18(2)24-12-10-20(5)14-26(24)31-33(30-17-23-9-7-8-22(16-29)28-23)32-27-15-21(6)11-13-25(27)19(3)4/h7-15,18-19,29H,16-17H2,1-6H3. The maximum Gasteiger partial charge on any atom is 0.463 e. The number of pyridine rings is 1. The smallest absolute Gasteiger partial charge is 0.417 e. The summed E-state index contributed by atoms with van der Waals surface area (Å²) in [6.07, 6.45) is 0. The number of nitrogens with zero attached hydrogens (tertiary/aromatic N) is 1. The minimum absolute atomic E-state index is 0.113. The first-order chi connectivity index (χ1) is 15.8. The largest absolute Gasteiger partial charge is 0.463 e. The molecule has 176 valence electrons. The van der Waals surface area contributed by atoms with E-state index in [0.717, 1.165) is 33.8 Å². The topological polar surface area (TPSA) is 60.8 Å². The van der Waals surface area contributed by atoms with Crippen LogP contribution in [0.2, 0.25) is 0 Å². The van der Waals surface area contributed by atoms with Crippen molar-refractivity contribution in [2.75, 3.05) is 0 Å². The molecule has 0 spiro atoms. The van der Waals surface area contributed by atoms with E-state index in [1.165, 1.54) is 0 Å². The fraction of sp³-hybridized carbons (Fsp3) is 0.370. The number of aromatic nitrogens is 1. The molecule has 0 saturated heterocycles. The molecule has 1 heterocycles. The van der Waals surface area contributed by atoms with Gasteiger partial charge in [0.05, 0.1) is 24.6 Å². The van der Waals surface area contributed by atoms with Crippen molar-refractivity contribution in [3.8, 4) is 11.5 Å². The molecule has 3 aromatic rings. The summed E-state index contributed by atoms with van der Waals surface area (Å²) in [7, 11) is -1.76. The van der Waals surface area contributed by atoms with Gasteiger partial charge in [-0.05, 0) is 72.2 Å². The highest BCUT2D eigenvalue weighted by Gasteiger charge is 2.23. The Morgan fingerprint density at radius 2 is 1.30 bits per heavy atom. The molecule has 0 fully saturated rings. The van der Waals surface area contributed by atoms with Gasteiger partial charge in [-0.3, -0.25) is 9.51 Å². The Bertz CT molecular complexity index is 1010. The minimum Gasteiger partial charge on any atom is -0.417 e. The molecule has 0 aliphatic heterocycles. The van der Waals surface area contributed by atoms with Crippen molar-refractivity contribution in [1.29, 1.82) is 0 Å². The summed E-state index contributed by atoms with van der Waals surface area (Å²) in [5.41, 5.74) is 5.75. The van der Waals surface area contributed by atoms with E-state index in [-0.39, 0.29) is 13.2 Å². The van der Waals surface area contributed by atoms with Crippen molar-refractivity contribution >= 4 is 8.60 Å². The predicted octanol–water partition coefficient (Wildman–Crippen LogP) is 7.34.